The Balaban J connectivity index is 1.94. The summed E-state index contributed by atoms with van der Waals surface area (Å²) in [5.74, 6) is 0. The van der Waals surface area contributed by atoms with Crippen molar-refractivity contribution in [2.45, 2.75) is 45.6 Å². The summed E-state index contributed by atoms with van der Waals surface area (Å²) in [6, 6.07) is 11.4. The molecule has 0 spiro atoms. The maximum Gasteiger partial charge on any atom is 0.0320 e. The van der Waals surface area contributed by atoms with Crippen LogP contribution in [0.2, 0.25) is 0 Å². The van der Waals surface area contributed by atoms with Crippen LogP contribution in [0.3, 0.4) is 0 Å². The average molecular weight is 217 g/mol. The van der Waals surface area contributed by atoms with Gasteiger partial charge < -0.3 is 5.32 Å². The van der Waals surface area contributed by atoms with E-state index in [2.05, 4.69) is 49.5 Å². The van der Waals surface area contributed by atoms with Gasteiger partial charge >= 0.3 is 0 Å². The Labute approximate surface area is 99.3 Å². The van der Waals surface area contributed by atoms with Crippen molar-refractivity contribution in [3.8, 4) is 0 Å². The van der Waals surface area contributed by atoms with Gasteiger partial charge in [-0.15, -0.1) is 0 Å². The fourth-order valence-corrected chi connectivity index (χ4v) is 2.12. The van der Waals surface area contributed by atoms with E-state index in [4.69, 9.17) is 0 Å². The molecule has 0 aromatic heterocycles. The van der Waals surface area contributed by atoms with Crippen molar-refractivity contribution in [2.24, 2.45) is 5.41 Å². The molecule has 0 aliphatic heterocycles. The highest BCUT2D eigenvalue weighted by atomic mass is 14.9. The number of hydrogen-bond acceptors (Lipinski definition) is 1. The molecule has 1 saturated carbocycles. The lowest BCUT2D eigenvalue weighted by atomic mass is 10.0. The third-order valence-corrected chi connectivity index (χ3v) is 3.66. The Morgan fingerprint density at radius 3 is 2.50 bits per heavy atom. The van der Waals surface area contributed by atoms with Gasteiger partial charge in [0.05, 0.1) is 0 Å². The molecule has 1 heteroatoms. The van der Waals surface area contributed by atoms with Crippen LogP contribution in [-0.2, 0) is 0 Å². The molecule has 1 atom stereocenters. The molecule has 1 aromatic carbocycles. The zero-order valence-corrected chi connectivity index (χ0v) is 10.5. The van der Waals surface area contributed by atoms with Crippen molar-refractivity contribution < 1.29 is 0 Å². The van der Waals surface area contributed by atoms with Gasteiger partial charge in [0, 0.05) is 12.6 Å². The van der Waals surface area contributed by atoms with Crippen LogP contribution in [0.4, 0.5) is 0 Å². The highest BCUT2D eigenvalue weighted by Crippen LogP contribution is 2.44. The minimum atomic E-state index is 0.545. The molecular weight excluding hydrogens is 194 g/mol. The maximum atomic E-state index is 3.74. The van der Waals surface area contributed by atoms with Crippen LogP contribution >= 0.6 is 0 Å². The van der Waals surface area contributed by atoms with Crippen molar-refractivity contribution in [3.05, 3.63) is 35.9 Å². The van der Waals surface area contributed by atoms with E-state index in [-0.39, 0.29) is 0 Å². The van der Waals surface area contributed by atoms with Crippen LogP contribution in [0.1, 0.15) is 51.1 Å². The van der Waals surface area contributed by atoms with E-state index in [0.717, 1.165) is 0 Å². The van der Waals surface area contributed by atoms with Gasteiger partial charge in [-0.25, -0.2) is 0 Å². The highest BCUT2D eigenvalue weighted by Gasteiger charge is 2.37. The number of hydrogen-bond donors (Lipinski definition) is 1. The predicted octanol–water partition coefficient (Wildman–Crippen LogP) is 3.92. The van der Waals surface area contributed by atoms with Crippen LogP contribution in [-0.4, -0.2) is 6.54 Å². The Morgan fingerprint density at radius 1 is 1.25 bits per heavy atom. The first-order valence-electron chi connectivity index (χ1n) is 6.52. The van der Waals surface area contributed by atoms with Crippen molar-refractivity contribution in [3.63, 3.8) is 0 Å². The van der Waals surface area contributed by atoms with E-state index < -0.39 is 0 Å². The molecule has 16 heavy (non-hydrogen) atoms. The topological polar surface area (TPSA) is 12.0 Å². The molecule has 0 saturated heterocycles. The first kappa shape index (κ1) is 11.7. The fraction of sp³-hybridized carbons (Fsp3) is 0.600. The van der Waals surface area contributed by atoms with Crippen LogP contribution in [0.15, 0.2) is 30.3 Å². The first-order chi connectivity index (χ1) is 7.73. The molecule has 0 bridgehead atoms. The average Bonchev–Trinajstić information content (AvgIpc) is 3.04. The fourth-order valence-electron chi connectivity index (χ4n) is 2.12. The van der Waals surface area contributed by atoms with E-state index in [1.165, 1.54) is 37.8 Å². The molecule has 1 aliphatic rings. The van der Waals surface area contributed by atoms with E-state index in [1.54, 1.807) is 0 Å². The van der Waals surface area contributed by atoms with Crippen LogP contribution in [0.5, 0.6) is 0 Å². The quantitative estimate of drug-likeness (QED) is 0.761. The van der Waals surface area contributed by atoms with E-state index >= 15 is 0 Å². The van der Waals surface area contributed by atoms with Gasteiger partial charge in [0.25, 0.3) is 0 Å². The standard InChI is InChI=1S/C15H23N/c1-3-7-14(13-8-5-4-6-9-13)16-12-15(2)10-11-15/h4-6,8-9,14,16H,3,7,10-12H2,1-2H3. The molecular formula is C15H23N. The largest absolute Gasteiger partial charge is 0.309 e. The summed E-state index contributed by atoms with van der Waals surface area (Å²) in [6.07, 6.45) is 5.27. The van der Waals surface area contributed by atoms with Gasteiger partial charge in [-0.3, -0.25) is 0 Å². The second-order valence-corrected chi connectivity index (χ2v) is 5.44. The predicted molar refractivity (Wildman–Crippen MR) is 69.4 cm³/mol. The Hall–Kier alpha value is -0.820. The van der Waals surface area contributed by atoms with Crippen LogP contribution < -0.4 is 5.32 Å². The van der Waals surface area contributed by atoms with E-state index in [0.29, 0.717) is 11.5 Å². The lowest BCUT2D eigenvalue weighted by Crippen LogP contribution is -2.27. The number of nitrogens with one attached hydrogen (secondary N) is 1. The summed E-state index contributed by atoms with van der Waals surface area (Å²) in [7, 11) is 0. The van der Waals surface area contributed by atoms with E-state index in [9.17, 15) is 0 Å². The minimum Gasteiger partial charge on any atom is -0.309 e. The Kier molecular flexibility index (Phi) is 3.65. The van der Waals surface area contributed by atoms with Gasteiger partial charge in [0.2, 0.25) is 0 Å². The normalized spacial score (nSPS) is 19.4. The van der Waals surface area contributed by atoms with Crippen molar-refractivity contribution in [2.75, 3.05) is 6.54 Å². The smallest absolute Gasteiger partial charge is 0.0320 e. The summed E-state index contributed by atoms with van der Waals surface area (Å²) in [5.41, 5.74) is 2.04. The molecule has 0 radical (unpaired) electrons. The summed E-state index contributed by atoms with van der Waals surface area (Å²) in [4.78, 5) is 0. The molecule has 1 nitrogen and oxygen atoms in total. The molecule has 1 fully saturated rings. The molecule has 1 aromatic rings. The summed E-state index contributed by atoms with van der Waals surface area (Å²) >= 11 is 0. The van der Waals surface area contributed by atoms with E-state index in [1.807, 2.05) is 0 Å². The minimum absolute atomic E-state index is 0.545. The Bertz CT molecular complexity index is 313. The van der Waals surface area contributed by atoms with Crippen LogP contribution in [0, 0.1) is 5.41 Å². The third kappa shape index (κ3) is 3.08. The van der Waals surface area contributed by atoms with Gasteiger partial charge in [0.1, 0.15) is 0 Å². The summed E-state index contributed by atoms with van der Waals surface area (Å²) in [5, 5.41) is 3.74. The van der Waals surface area contributed by atoms with Gasteiger partial charge in [-0.1, -0.05) is 50.6 Å². The molecule has 0 heterocycles. The van der Waals surface area contributed by atoms with Gasteiger partial charge in [0.15, 0.2) is 0 Å². The second-order valence-electron chi connectivity index (χ2n) is 5.44. The first-order valence-corrected chi connectivity index (χ1v) is 6.52. The molecule has 88 valence electrons. The number of rotatable bonds is 6. The number of benzene rings is 1. The monoisotopic (exact) mass is 217 g/mol. The summed E-state index contributed by atoms with van der Waals surface area (Å²) in [6.45, 7) is 5.82. The molecule has 1 N–H and O–H groups in total. The van der Waals surface area contributed by atoms with Crippen molar-refractivity contribution in [1.82, 2.24) is 5.32 Å². The highest BCUT2D eigenvalue weighted by molar-refractivity contribution is 5.19. The molecule has 2 rings (SSSR count). The molecule has 1 aliphatic carbocycles. The zero-order valence-electron chi connectivity index (χ0n) is 10.5. The van der Waals surface area contributed by atoms with Gasteiger partial charge in [-0.2, -0.15) is 0 Å². The lowest BCUT2D eigenvalue weighted by Gasteiger charge is -2.21. The lowest BCUT2D eigenvalue weighted by molar-refractivity contribution is 0.422. The van der Waals surface area contributed by atoms with Crippen molar-refractivity contribution in [1.29, 1.82) is 0 Å². The molecule has 0 amide bonds. The van der Waals surface area contributed by atoms with Crippen molar-refractivity contribution >= 4 is 0 Å². The SMILES string of the molecule is CCCC(NCC1(C)CC1)c1ccccc1. The van der Waals surface area contributed by atoms with Gasteiger partial charge in [-0.05, 0) is 30.2 Å². The summed E-state index contributed by atoms with van der Waals surface area (Å²) < 4.78 is 0. The second kappa shape index (κ2) is 5.01. The Morgan fingerprint density at radius 2 is 1.94 bits per heavy atom. The van der Waals surface area contributed by atoms with Crippen LogP contribution in [0.25, 0.3) is 0 Å². The third-order valence-electron chi connectivity index (χ3n) is 3.66. The zero-order chi connectivity index (χ0) is 11.4. The molecule has 1 unspecified atom stereocenters. The maximum absolute atomic E-state index is 3.74.